The van der Waals surface area contributed by atoms with Gasteiger partial charge >= 0.3 is 0 Å². The summed E-state index contributed by atoms with van der Waals surface area (Å²) in [7, 11) is 0. The first kappa shape index (κ1) is 15.2. The molecule has 0 saturated heterocycles. The van der Waals surface area contributed by atoms with Crippen LogP contribution in [0.2, 0.25) is 10.0 Å². The quantitative estimate of drug-likeness (QED) is 0.774. The van der Waals surface area contributed by atoms with Crippen molar-refractivity contribution >= 4 is 46.6 Å². The van der Waals surface area contributed by atoms with E-state index in [-0.39, 0.29) is 26.4 Å². The maximum Gasteiger partial charge on any atom is 0.258 e. The van der Waals surface area contributed by atoms with Gasteiger partial charge in [0.15, 0.2) is 5.75 Å². The first-order valence-electron chi connectivity index (χ1n) is 7.27. The van der Waals surface area contributed by atoms with E-state index in [9.17, 15) is 9.90 Å². The summed E-state index contributed by atoms with van der Waals surface area (Å²) in [5.74, 6) is -0.342. The highest BCUT2D eigenvalue weighted by molar-refractivity contribution is 8.01. The van der Waals surface area contributed by atoms with Crippen LogP contribution in [-0.4, -0.2) is 22.3 Å². The molecule has 2 aliphatic rings. The summed E-state index contributed by atoms with van der Waals surface area (Å²) in [6.07, 6.45) is 2.24. The standard InChI is InChI=1S/C17H13Cl2NO2S/c18-11-7-10(8-12(19)15(11)21)16(22)20-9-17(5-6-17)23-14-4-2-1-3-13(14)20/h1-4,7-8,21H,5-6,9H2. The van der Waals surface area contributed by atoms with E-state index in [0.29, 0.717) is 12.1 Å². The number of aromatic hydroxyl groups is 1. The van der Waals surface area contributed by atoms with Crippen molar-refractivity contribution in [2.24, 2.45) is 0 Å². The van der Waals surface area contributed by atoms with E-state index in [1.165, 1.54) is 12.1 Å². The first-order chi connectivity index (χ1) is 11.0. The minimum Gasteiger partial charge on any atom is -0.505 e. The Kier molecular flexibility index (Phi) is 3.52. The predicted molar refractivity (Wildman–Crippen MR) is 94.1 cm³/mol. The molecule has 1 spiro atoms. The Hall–Kier alpha value is -1.36. The van der Waals surface area contributed by atoms with Crippen molar-refractivity contribution in [3.05, 3.63) is 52.0 Å². The van der Waals surface area contributed by atoms with Gasteiger partial charge in [0.1, 0.15) is 0 Å². The van der Waals surface area contributed by atoms with Crippen LogP contribution in [0.5, 0.6) is 5.75 Å². The average Bonchev–Trinajstić information content (AvgIpc) is 3.29. The van der Waals surface area contributed by atoms with Gasteiger partial charge < -0.3 is 10.0 Å². The lowest BCUT2D eigenvalue weighted by atomic mass is 10.1. The molecular formula is C17H13Cl2NO2S. The van der Waals surface area contributed by atoms with Crippen molar-refractivity contribution in [3.8, 4) is 5.75 Å². The highest BCUT2D eigenvalue weighted by Gasteiger charge is 2.49. The van der Waals surface area contributed by atoms with Crippen molar-refractivity contribution in [3.63, 3.8) is 0 Å². The molecule has 0 aromatic heterocycles. The Labute approximate surface area is 148 Å². The van der Waals surface area contributed by atoms with Gasteiger partial charge in [-0.25, -0.2) is 0 Å². The van der Waals surface area contributed by atoms with Crippen LogP contribution >= 0.6 is 35.0 Å². The summed E-state index contributed by atoms with van der Waals surface area (Å²) in [4.78, 5) is 15.9. The second kappa shape index (κ2) is 5.33. The molecular weight excluding hydrogens is 353 g/mol. The number of carbonyl (C=O) groups is 1. The van der Waals surface area contributed by atoms with Crippen LogP contribution < -0.4 is 4.90 Å². The number of rotatable bonds is 1. The van der Waals surface area contributed by atoms with Crippen molar-refractivity contribution in [1.82, 2.24) is 0 Å². The molecule has 6 heteroatoms. The number of hydrogen-bond donors (Lipinski definition) is 1. The predicted octanol–water partition coefficient (Wildman–Crippen LogP) is 4.98. The number of halogens is 2. The van der Waals surface area contributed by atoms with E-state index >= 15 is 0 Å². The Morgan fingerprint density at radius 2 is 1.83 bits per heavy atom. The van der Waals surface area contributed by atoms with Crippen molar-refractivity contribution in [1.29, 1.82) is 0 Å². The molecule has 1 fully saturated rings. The third kappa shape index (κ3) is 2.59. The van der Waals surface area contributed by atoms with Gasteiger partial charge in [0.2, 0.25) is 0 Å². The van der Waals surface area contributed by atoms with Gasteiger partial charge in [0.25, 0.3) is 5.91 Å². The number of fused-ring (bicyclic) bond motifs is 1. The molecule has 0 bridgehead atoms. The van der Waals surface area contributed by atoms with E-state index in [0.717, 1.165) is 23.4 Å². The fourth-order valence-corrected chi connectivity index (χ4v) is 4.71. The lowest BCUT2D eigenvalue weighted by molar-refractivity contribution is 0.0985. The summed E-state index contributed by atoms with van der Waals surface area (Å²) in [6, 6.07) is 10.9. The van der Waals surface area contributed by atoms with E-state index in [1.54, 1.807) is 4.90 Å². The Bertz CT molecular complexity index is 797. The Morgan fingerprint density at radius 1 is 1.17 bits per heavy atom. The van der Waals surface area contributed by atoms with Gasteiger partial charge in [0.05, 0.1) is 15.7 Å². The fourth-order valence-electron chi connectivity index (χ4n) is 2.83. The van der Waals surface area contributed by atoms with Crippen LogP contribution in [0.15, 0.2) is 41.3 Å². The molecule has 4 rings (SSSR count). The SMILES string of the molecule is O=C(c1cc(Cl)c(O)c(Cl)c1)N1CC2(CC2)Sc2ccccc21. The summed E-state index contributed by atoms with van der Waals surface area (Å²) >= 11 is 13.8. The highest BCUT2D eigenvalue weighted by atomic mass is 35.5. The van der Waals surface area contributed by atoms with E-state index in [1.807, 2.05) is 30.0 Å². The first-order valence-corrected chi connectivity index (χ1v) is 8.84. The van der Waals surface area contributed by atoms with Crippen LogP contribution in [0.25, 0.3) is 0 Å². The normalized spacial score (nSPS) is 17.9. The Morgan fingerprint density at radius 3 is 2.48 bits per heavy atom. The number of amides is 1. The molecule has 0 unspecified atom stereocenters. The number of thioether (sulfide) groups is 1. The summed E-state index contributed by atoms with van der Waals surface area (Å²) in [6.45, 7) is 0.684. The number of para-hydroxylation sites is 1. The van der Waals surface area contributed by atoms with E-state index in [4.69, 9.17) is 23.2 Å². The summed E-state index contributed by atoms with van der Waals surface area (Å²) in [5.41, 5.74) is 1.30. The van der Waals surface area contributed by atoms with Gasteiger partial charge in [-0.05, 0) is 37.1 Å². The Balaban J connectivity index is 1.76. The molecule has 1 aliphatic carbocycles. The number of nitrogens with zero attached hydrogens (tertiary/aromatic N) is 1. The van der Waals surface area contributed by atoms with Crippen molar-refractivity contribution in [2.45, 2.75) is 22.5 Å². The zero-order valence-corrected chi connectivity index (χ0v) is 14.4. The summed E-state index contributed by atoms with van der Waals surface area (Å²) in [5, 5.41) is 9.85. The zero-order valence-electron chi connectivity index (χ0n) is 12.1. The third-order valence-corrected chi connectivity index (χ3v) is 6.36. The number of benzene rings is 2. The number of anilines is 1. The molecule has 2 aromatic carbocycles. The number of phenols is 1. The van der Waals surface area contributed by atoms with Crippen LogP contribution in [0.3, 0.4) is 0 Å². The fraction of sp³-hybridized carbons (Fsp3) is 0.235. The molecule has 1 heterocycles. The maximum absolute atomic E-state index is 13.0. The molecule has 118 valence electrons. The molecule has 1 saturated carbocycles. The lowest BCUT2D eigenvalue weighted by Gasteiger charge is -2.34. The zero-order chi connectivity index (χ0) is 16.2. The van der Waals surface area contributed by atoms with Crippen LogP contribution in [0.4, 0.5) is 5.69 Å². The maximum atomic E-state index is 13.0. The van der Waals surface area contributed by atoms with Crippen molar-refractivity contribution in [2.75, 3.05) is 11.4 Å². The average molecular weight is 366 g/mol. The smallest absolute Gasteiger partial charge is 0.258 e. The molecule has 0 radical (unpaired) electrons. The minimum atomic E-state index is -0.196. The van der Waals surface area contributed by atoms with Gasteiger partial charge in [-0.3, -0.25) is 4.79 Å². The number of hydrogen-bond acceptors (Lipinski definition) is 3. The summed E-state index contributed by atoms with van der Waals surface area (Å²) < 4.78 is 0.147. The van der Waals surface area contributed by atoms with Gasteiger partial charge in [-0.15, -0.1) is 11.8 Å². The molecule has 0 atom stereocenters. The van der Waals surface area contributed by atoms with Crippen LogP contribution in [0, 0.1) is 0 Å². The largest absolute Gasteiger partial charge is 0.505 e. The highest BCUT2D eigenvalue weighted by Crippen LogP contribution is 2.57. The van der Waals surface area contributed by atoms with E-state index in [2.05, 4.69) is 6.07 Å². The monoisotopic (exact) mass is 365 g/mol. The molecule has 1 amide bonds. The topological polar surface area (TPSA) is 40.5 Å². The second-order valence-electron chi connectivity index (χ2n) is 5.93. The van der Waals surface area contributed by atoms with Gasteiger partial charge in [-0.1, -0.05) is 35.3 Å². The van der Waals surface area contributed by atoms with Crippen molar-refractivity contribution < 1.29 is 9.90 Å². The van der Waals surface area contributed by atoms with E-state index < -0.39 is 0 Å². The van der Waals surface area contributed by atoms with Gasteiger partial charge in [-0.2, -0.15) is 0 Å². The molecule has 3 nitrogen and oxygen atoms in total. The third-order valence-electron chi connectivity index (χ3n) is 4.25. The number of carbonyl (C=O) groups excluding carboxylic acids is 1. The molecule has 1 N–H and O–H groups in total. The van der Waals surface area contributed by atoms with Crippen LogP contribution in [-0.2, 0) is 0 Å². The second-order valence-corrected chi connectivity index (χ2v) is 8.26. The lowest BCUT2D eigenvalue weighted by Crippen LogP contribution is -2.40. The number of phenolic OH excluding ortho intramolecular Hbond substituents is 1. The molecule has 2 aromatic rings. The molecule has 1 aliphatic heterocycles. The van der Waals surface area contributed by atoms with Gasteiger partial charge in [0, 0.05) is 21.8 Å². The minimum absolute atomic E-state index is 0.0849. The molecule has 23 heavy (non-hydrogen) atoms. The van der Waals surface area contributed by atoms with Crippen LogP contribution in [0.1, 0.15) is 23.2 Å².